The molecule has 6 heteroatoms. The van der Waals surface area contributed by atoms with Gasteiger partial charge in [0.25, 0.3) is 0 Å². The molecule has 0 aliphatic heterocycles. The van der Waals surface area contributed by atoms with E-state index in [-0.39, 0.29) is 30.5 Å². The Labute approximate surface area is 183 Å². The number of ether oxygens (including phenoxy) is 2. The van der Waals surface area contributed by atoms with Crippen molar-refractivity contribution < 1.29 is 24.2 Å². The van der Waals surface area contributed by atoms with Crippen LogP contribution in [0.3, 0.4) is 0 Å². The average Bonchev–Trinajstić information content (AvgIpc) is 2.77. The monoisotopic (exact) mass is 423 g/mol. The van der Waals surface area contributed by atoms with Gasteiger partial charge in [0.2, 0.25) is 0 Å². The largest absolute Gasteiger partial charge is 0.508 e. The fourth-order valence-electron chi connectivity index (χ4n) is 2.94. The summed E-state index contributed by atoms with van der Waals surface area (Å²) in [6.45, 7) is 6.00. The number of carbonyl (C=O) groups is 2. The second-order valence-electron chi connectivity index (χ2n) is 6.81. The van der Waals surface area contributed by atoms with Gasteiger partial charge in [0, 0.05) is 37.5 Å². The molecule has 0 aromatic heterocycles. The molecule has 0 heterocycles. The van der Waals surface area contributed by atoms with Gasteiger partial charge in [-0.2, -0.15) is 0 Å². The van der Waals surface area contributed by atoms with Crippen LogP contribution in [0.1, 0.15) is 31.4 Å². The zero-order valence-electron chi connectivity index (χ0n) is 18.2. The Morgan fingerprint density at radius 1 is 0.968 bits per heavy atom. The van der Waals surface area contributed by atoms with E-state index in [2.05, 4.69) is 18.7 Å². The van der Waals surface area contributed by atoms with Crippen LogP contribution in [0.25, 0.3) is 12.2 Å². The van der Waals surface area contributed by atoms with Crippen LogP contribution in [0.5, 0.6) is 11.5 Å². The summed E-state index contributed by atoms with van der Waals surface area (Å²) in [6.07, 6.45) is 5.79. The zero-order chi connectivity index (χ0) is 22.6. The number of carbonyl (C=O) groups excluding carboxylic acids is 2. The number of anilines is 1. The van der Waals surface area contributed by atoms with Crippen molar-refractivity contribution in [3.63, 3.8) is 0 Å². The number of ketones is 2. The number of hydrogen-bond donors (Lipinski definition) is 1. The second-order valence-corrected chi connectivity index (χ2v) is 6.81. The lowest BCUT2D eigenvalue weighted by Crippen LogP contribution is -2.21. The molecule has 0 saturated heterocycles. The molecule has 0 amide bonds. The molecule has 0 aliphatic rings. The molecule has 0 fully saturated rings. The zero-order valence-corrected chi connectivity index (χ0v) is 18.2. The fourth-order valence-corrected chi connectivity index (χ4v) is 2.94. The van der Waals surface area contributed by atoms with Crippen LogP contribution < -0.4 is 9.64 Å². The highest BCUT2D eigenvalue weighted by Crippen LogP contribution is 2.27. The molecule has 0 aliphatic carbocycles. The molecule has 31 heavy (non-hydrogen) atoms. The molecule has 0 bridgehead atoms. The first-order chi connectivity index (χ1) is 15.0. The Morgan fingerprint density at radius 2 is 1.61 bits per heavy atom. The van der Waals surface area contributed by atoms with Gasteiger partial charge in [0.1, 0.15) is 11.5 Å². The van der Waals surface area contributed by atoms with Crippen molar-refractivity contribution in [2.75, 3.05) is 31.9 Å². The minimum atomic E-state index is -0.300. The molecular formula is C25H29NO5. The highest BCUT2D eigenvalue weighted by atomic mass is 16.7. The van der Waals surface area contributed by atoms with Crippen LogP contribution in [0, 0.1) is 0 Å². The third-order valence-electron chi connectivity index (χ3n) is 4.61. The quantitative estimate of drug-likeness (QED) is 0.308. The van der Waals surface area contributed by atoms with Gasteiger partial charge in [-0.3, -0.25) is 9.59 Å². The van der Waals surface area contributed by atoms with Crippen LogP contribution >= 0.6 is 0 Å². The van der Waals surface area contributed by atoms with Crippen molar-refractivity contribution in [3.8, 4) is 11.5 Å². The lowest BCUT2D eigenvalue weighted by molar-refractivity contribution is -0.121. The normalized spacial score (nSPS) is 11.2. The number of methoxy groups -OCH3 is 1. The topological polar surface area (TPSA) is 76.1 Å². The van der Waals surface area contributed by atoms with E-state index in [1.54, 1.807) is 31.4 Å². The van der Waals surface area contributed by atoms with Crippen molar-refractivity contribution in [3.05, 3.63) is 65.7 Å². The van der Waals surface area contributed by atoms with Crippen LogP contribution in [0.2, 0.25) is 0 Å². The summed E-state index contributed by atoms with van der Waals surface area (Å²) < 4.78 is 10.7. The SMILES string of the molecule is CCN(CC)c1ccc(C=CC(=O)CC(=O)C=Cc2ccc(O)cc2)c(OCOC)c1. The van der Waals surface area contributed by atoms with Crippen LogP contribution in [-0.4, -0.2) is 43.7 Å². The minimum Gasteiger partial charge on any atom is -0.508 e. The van der Waals surface area contributed by atoms with E-state index in [9.17, 15) is 14.7 Å². The molecule has 2 aromatic rings. The minimum absolute atomic E-state index is 0.0943. The van der Waals surface area contributed by atoms with Gasteiger partial charge in [0.15, 0.2) is 18.4 Å². The first-order valence-electron chi connectivity index (χ1n) is 10.2. The number of aromatic hydroxyl groups is 1. The van der Waals surface area contributed by atoms with Crippen molar-refractivity contribution in [1.82, 2.24) is 0 Å². The van der Waals surface area contributed by atoms with Gasteiger partial charge >= 0.3 is 0 Å². The Hall–Kier alpha value is -3.38. The van der Waals surface area contributed by atoms with E-state index in [1.807, 2.05) is 18.2 Å². The van der Waals surface area contributed by atoms with E-state index < -0.39 is 0 Å². The number of benzene rings is 2. The second kappa shape index (κ2) is 12.3. The smallest absolute Gasteiger partial charge is 0.188 e. The van der Waals surface area contributed by atoms with Crippen LogP contribution in [-0.2, 0) is 14.3 Å². The van der Waals surface area contributed by atoms with Crippen molar-refractivity contribution in [1.29, 1.82) is 0 Å². The van der Waals surface area contributed by atoms with Gasteiger partial charge < -0.3 is 19.5 Å². The van der Waals surface area contributed by atoms with E-state index in [0.29, 0.717) is 5.75 Å². The predicted octanol–water partition coefficient (Wildman–Crippen LogP) is 4.48. The summed E-state index contributed by atoms with van der Waals surface area (Å²) in [5.41, 5.74) is 2.52. The standard InChI is InChI=1S/C25H29NO5/c1-4-26(5-2)21-11-9-20(25(16-21)31-18-30-3)10-15-24(29)17-23(28)14-8-19-6-12-22(27)13-7-19/h6-16,27H,4-5,17-18H2,1-3H3. The number of phenolic OH excluding ortho intramolecular Hbond substituents is 1. The molecule has 0 radical (unpaired) electrons. The number of allylic oxidation sites excluding steroid dienone is 2. The van der Waals surface area contributed by atoms with Crippen molar-refractivity contribution in [2.24, 2.45) is 0 Å². The molecule has 0 spiro atoms. The first kappa shape index (κ1) is 23.9. The summed E-state index contributed by atoms with van der Waals surface area (Å²) in [6, 6.07) is 12.2. The number of rotatable bonds is 12. The molecule has 164 valence electrons. The maximum absolute atomic E-state index is 12.2. The highest BCUT2D eigenvalue weighted by molar-refractivity contribution is 6.11. The van der Waals surface area contributed by atoms with E-state index in [0.717, 1.165) is 29.9 Å². The van der Waals surface area contributed by atoms with Gasteiger partial charge in [-0.15, -0.1) is 0 Å². The van der Waals surface area contributed by atoms with Gasteiger partial charge in [-0.25, -0.2) is 0 Å². The lowest BCUT2D eigenvalue weighted by Gasteiger charge is -2.22. The Bertz CT molecular complexity index is 927. The van der Waals surface area contributed by atoms with Crippen LogP contribution in [0.4, 0.5) is 5.69 Å². The van der Waals surface area contributed by atoms with Gasteiger partial charge in [-0.1, -0.05) is 18.2 Å². The van der Waals surface area contributed by atoms with E-state index in [1.165, 1.54) is 24.3 Å². The molecule has 2 aromatic carbocycles. The maximum atomic E-state index is 12.2. The Morgan fingerprint density at radius 3 is 2.23 bits per heavy atom. The highest BCUT2D eigenvalue weighted by Gasteiger charge is 2.09. The summed E-state index contributed by atoms with van der Waals surface area (Å²) in [5, 5.41) is 9.28. The third kappa shape index (κ3) is 7.75. The Balaban J connectivity index is 2.05. The summed E-state index contributed by atoms with van der Waals surface area (Å²) in [7, 11) is 1.55. The van der Waals surface area contributed by atoms with Gasteiger partial charge in [0.05, 0.1) is 6.42 Å². The number of hydrogen-bond acceptors (Lipinski definition) is 6. The first-order valence-corrected chi connectivity index (χ1v) is 10.2. The fraction of sp³-hybridized carbons (Fsp3) is 0.280. The average molecular weight is 424 g/mol. The van der Waals surface area contributed by atoms with Crippen molar-refractivity contribution in [2.45, 2.75) is 20.3 Å². The third-order valence-corrected chi connectivity index (χ3v) is 4.61. The molecule has 1 N–H and O–H groups in total. The number of phenols is 1. The molecule has 6 nitrogen and oxygen atoms in total. The van der Waals surface area contributed by atoms with E-state index >= 15 is 0 Å². The summed E-state index contributed by atoms with van der Waals surface area (Å²) in [4.78, 5) is 26.5. The predicted molar refractivity (Wildman–Crippen MR) is 123 cm³/mol. The summed E-state index contributed by atoms with van der Waals surface area (Å²) >= 11 is 0. The number of nitrogens with zero attached hydrogens (tertiary/aromatic N) is 1. The Kier molecular flexibility index (Phi) is 9.52. The molecular weight excluding hydrogens is 394 g/mol. The molecule has 0 unspecified atom stereocenters. The lowest BCUT2D eigenvalue weighted by atomic mass is 10.1. The molecule has 2 rings (SSSR count). The maximum Gasteiger partial charge on any atom is 0.188 e. The summed E-state index contributed by atoms with van der Waals surface area (Å²) in [5.74, 6) is 0.165. The van der Waals surface area contributed by atoms with Gasteiger partial charge in [-0.05, 0) is 61.9 Å². The molecule has 0 atom stereocenters. The van der Waals surface area contributed by atoms with E-state index in [4.69, 9.17) is 9.47 Å². The molecule has 0 saturated carbocycles. The van der Waals surface area contributed by atoms with Crippen molar-refractivity contribution >= 4 is 29.4 Å². The van der Waals surface area contributed by atoms with Crippen LogP contribution in [0.15, 0.2) is 54.6 Å².